The van der Waals surface area contributed by atoms with Gasteiger partial charge in [0.05, 0.1) is 12.1 Å². The first-order valence-corrected chi connectivity index (χ1v) is 7.46. The SMILES string of the molecule is O=C(NCC#Cc1ccc2c(c1)C(=O)OC2)OCc1ccccc1. The second-order valence-corrected chi connectivity index (χ2v) is 5.17. The summed E-state index contributed by atoms with van der Waals surface area (Å²) in [7, 11) is 0. The molecule has 3 rings (SSSR count). The third kappa shape index (κ3) is 3.93. The van der Waals surface area contributed by atoms with Crippen LogP contribution in [0.4, 0.5) is 4.79 Å². The van der Waals surface area contributed by atoms with E-state index in [9.17, 15) is 9.59 Å². The molecule has 0 saturated carbocycles. The number of carbonyl (C=O) groups excluding carboxylic acids is 2. The molecule has 0 spiro atoms. The van der Waals surface area contributed by atoms with E-state index in [-0.39, 0.29) is 19.1 Å². The first kappa shape index (κ1) is 15.6. The van der Waals surface area contributed by atoms with Gasteiger partial charge in [-0.05, 0) is 17.7 Å². The minimum Gasteiger partial charge on any atom is -0.457 e. The molecular formula is C19H15NO4. The van der Waals surface area contributed by atoms with E-state index in [4.69, 9.17) is 9.47 Å². The molecule has 0 bridgehead atoms. The molecule has 0 aromatic heterocycles. The normalized spacial score (nSPS) is 11.8. The fraction of sp³-hybridized carbons (Fsp3) is 0.158. The van der Waals surface area contributed by atoms with Crippen LogP contribution in [-0.4, -0.2) is 18.6 Å². The largest absolute Gasteiger partial charge is 0.457 e. The van der Waals surface area contributed by atoms with Crippen molar-refractivity contribution in [3.05, 3.63) is 70.8 Å². The Labute approximate surface area is 139 Å². The minimum atomic E-state index is -0.523. The molecule has 0 unspecified atom stereocenters. The molecule has 0 atom stereocenters. The Morgan fingerprint density at radius 1 is 1.21 bits per heavy atom. The summed E-state index contributed by atoms with van der Waals surface area (Å²) in [6.07, 6.45) is -0.523. The maximum Gasteiger partial charge on any atom is 0.408 e. The average Bonchev–Trinajstić information content (AvgIpc) is 2.98. The lowest BCUT2D eigenvalue weighted by atomic mass is 10.1. The van der Waals surface area contributed by atoms with Gasteiger partial charge in [-0.3, -0.25) is 0 Å². The van der Waals surface area contributed by atoms with Crippen molar-refractivity contribution in [2.75, 3.05) is 6.54 Å². The van der Waals surface area contributed by atoms with Crippen molar-refractivity contribution in [1.29, 1.82) is 0 Å². The Balaban J connectivity index is 1.47. The highest BCUT2D eigenvalue weighted by molar-refractivity contribution is 5.93. The topological polar surface area (TPSA) is 64.6 Å². The predicted molar refractivity (Wildman–Crippen MR) is 87.1 cm³/mol. The summed E-state index contributed by atoms with van der Waals surface area (Å²) >= 11 is 0. The summed E-state index contributed by atoms with van der Waals surface area (Å²) in [5.74, 6) is 5.40. The van der Waals surface area contributed by atoms with E-state index in [1.165, 1.54) is 0 Å². The number of hydrogen-bond acceptors (Lipinski definition) is 4. The van der Waals surface area contributed by atoms with Crippen LogP contribution in [0.3, 0.4) is 0 Å². The van der Waals surface area contributed by atoms with Crippen molar-refractivity contribution in [2.24, 2.45) is 0 Å². The molecule has 120 valence electrons. The predicted octanol–water partition coefficient (Wildman–Crippen LogP) is 2.63. The molecule has 5 nitrogen and oxygen atoms in total. The molecule has 5 heteroatoms. The second-order valence-electron chi connectivity index (χ2n) is 5.17. The smallest absolute Gasteiger partial charge is 0.408 e. The Bertz CT molecular complexity index is 818. The highest BCUT2D eigenvalue weighted by atomic mass is 16.5. The fourth-order valence-electron chi connectivity index (χ4n) is 2.23. The Morgan fingerprint density at radius 2 is 2.04 bits per heavy atom. The van der Waals surface area contributed by atoms with Gasteiger partial charge in [-0.15, -0.1) is 0 Å². The molecule has 0 radical (unpaired) electrons. The summed E-state index contributed by atoms with van der Waals surface area (Å²) in [6.45, 7) is 0.693. The first-order valence-electron chi connectivity index (χ1n) is 7.46. The van der Waals surface area contributed by atoms with Crippen molar-refractivity contribution < 1.29 is 19.1 Å². The molecule has 1 N–H and O–H groups in total. The van der Waals surface area contributed by atoms with Crippen LogP contribution in [0.15, 0.2) is 48.5 Å². The van der Waals surface area contributed by atoms with Gasteiger partial charge in [0.25, 0.3) is 0 Å². The van der Waals surface area contributed by atoms with Crippen LogP contribution in [0.2, 0.25) is 0 Å². The standard InChI is InChI=1S/C19H15NO4/c21-18-17-11-14(8-9-16(17)13-23-18)7-4-10-20-19(22)24-12-15-5-2-1-3-6-15/h1-3,5-6,8-9,11H,10,12-13H2,(H,20,22). The van der Waals surface area contributed by atoms with Crippen LogP contribution in [0, 0.1) is 11.8 Å². The van der Waals surface area contributed by atoms with Crippen molar-refractivity contribution in [3.8, 4) is 11.8 Å². The van der Waals surface area contributed by atoms with E-state index in [1.54, 1.807) is 6.07 Å². The third-order valence-electron chi connectivity index (χ3n) is 3.46. The lowest BCUT2D eigenvalue weighted by Gasteiger charge is -2.04. The summed E-state index contributed by atoms with van der Waals surface area (Å²) in [4.78, 5) is 23.0. The lowest BCUT2D eigenvalue weighted by Crippen LogP contribution is -2.24. The van der Waals surface area contributed by atoms with Gasteiger partial charge in [-0.1, -0.05) is 48.2 Å². The van der Waals surface area contributed by atoms with Crippen molar-refractivity contribution in [3.63, 3.8) is 0 Å². The van der Waals surface area contributed by atoms with Crippen LogP contribution in [-0.2, 0) is 22.7 Å². The minimum absolute atomic E-state index is 0.162. The van der Waals surface area contributed by atoms with E-state index in [1.807, 2.05) is 42.5 Å². The molecular weight excluding hydrogens is 306 g/mol. The molecule has 1 aliphatic heterocycles. The fourth-order valence-corrected chi connectivity index (χ4v) is 2.23. The van der Waals surface area contributed by atoms with Crippen LogP contribution >= 0.6 is 0 Å². The molecule has 1 amide bonds. The third-order valence-corrected chi connectivity index (χ3v) is 3.46. The zero-order valence-electron chi connectivity index (χ0n) is 12.9. The number of rotatable bonds is 3. The lowest BCUT2D eigenvalue weighted by molar-refractivity contribution is 0.0535. The zero-order chi connectivity index (χ0) is 16.8. The zero-order valence-corrected chi connectivity index (χ0v) is 12.9. The van der Waals surface area contributed by atoms with Gasteiger partial charge in [0, 0.05) is 11.1 Å². The molecule has 1 aliphatic rings. The van der Waals surface area contributed by atoms with E-state index >= 15 is 0 Å². The summed E-state index contributed by atoms with van der Waals surface area (Å²) < 4.78 is 10.0. The number of nitrogens with one attached hydrogen (secondary N) is 1. The molecule has 24 heavy (non-hydrogen) atoms. The number of ether oxygens (including phenoxy) is 2. The number of esters is 1. The number of hydrogen-bond donors (Lipinski definition) is 1. The van der Waals surface area contributed by atoms with E-state index in [0.29, 0.717) is 17.7 Å². The molecule has 2 aromatic carbocycles. The first-order chi connectivity index (χ1) is 11.7. The number of cyclic esters (lactones) is 1. The van der Waals surface area contributed by atoms with Gasteiger partial charge >= 0.3 is 12.1 Å². The van der Waals surface area contributed by atoms with Crippen LogP contribution in [0.1, 0.15) is 27.0 Å². The molecule has 2 aromatic rings. The van der Waals surface area contributed by atoms with Crippen molar-refractivity contribution in [2.45, 2.75) is 13.2 Å². The van der Waals surface area contributed by atoms with E-state index in [0.717, 1.165) is 11.1 Å². The van der Waals surface area contributed by atoms with Gasteiger partial charge < -0.3 is 14.8 Å². The summed E-state index contributed by atoms with van der Waals surface area (Å²) in [5.41, 5.74) is 3.04. The quantitative estimate of drug-likeness (QED) is 0.697. The number of fused-ring (bicyclic) bond motifs is 1. The van der Waals surface area contributed by atoms with Gasteiger partial charge in [-0.25, -0.2) is 9.59 Å². The maximum absolute atomic E-state index is 11.6. The van der Waals surface area contributed by atoms with Crippen LogP contribution in [0.5, 0.6) is 0 Å². The number of carbonyl (C=O) groups is 2. The Kier molecular flexibility index (Phi) is 4.78. The number of amides is 1. The molecule has 0 fully saturated rings. The van der Waals surface area contributed by atoms with Crippen molar-refractivity contribution >= 4 is 12.1 Å². The molecule has 0 saturated heterocycles. The van der Waals surface area contributed by atoms with Crippen LogP contribution in [0.25, 0.3) is 0 Å². The Morgan fingerprint density at radius 3 is 2.88 bits per heavy atom. The van der Waals surface area contributed by atoms with Gasteiger partial charge in [-0.2, -0.15) is 0 Å². The number of alkyl carbamates (subject to hydrolysis) is 1. The maximum atomic E-state index is 11.6. The molecule has 1 heterocycles. The van der Waals surface area contributed by atoms with E-state index < -0.39 is 6.09 Å². The summed E-state index contributed by atoms with van der Waals surface area (Å²) in [6, 6.07) is 14.8. The average molecular weight is 321 g/mol. The Hall–Kier alpha value is -3.26. The van der Waals surface area contributed by atoms with E-state index in [2.05, 4.69) is 17.2 Å². The molecule has 0 aliphatic carbocycles. The summed E-state index contributed by atoms with van der Waals surface area (Å²) in [5, 5.41) is 2.56. The second kappa shape index (κ2) is 7.34. The monoisotopic (exact) mass is 321 g/mol. The van der Waals surface area contributed by atoms with Gasteiger partial charge in [0.1, 0.15) is 13.2 Å². The number of benzene rings is 2. The highest BCUT2D eigenvalue weighted by Gasteiger charge is 2.20. The van der Waals surface area contributed by atoms with Gasteiger partial charge in [0.2, 0.25) is 0 Å². The van der Waals surface area contributed by atoms with Crippen LogP contribution < -0.4 is 5.32 Å². The highest BCUT2D eigenvalue weighted by Crippen LogP contribution is 2.20. The van der Waals surface area contributed by atoms with Crippen molar-refractivity contribution in [1.82, 2.24) is 5.32 Å². The van der Waals surface area contributed by atoms with Gasteiger partial charge in [0.15, 0.2) is 0 Å².